The molecule has 2 N–H and O–H groups in total. The van der Waals surface area contributed by atoms with Gasteiger partial charge in [-0.15, -0.1) is 0 Å². The van der Waals surface area contributed by atoms with Gasteiger partial charge in [0, 0.05) is 36.8 Å². The van der Waals surface area contributed by atoms with Crippen LogP contribution >= 0.6 is 0 Å². The van der Waals surface area contributed by atoms with E-state index in [9.17, 15) is 9.18 Å². The van der Waals surface area contributed by atoms with E-state index in [1.165, 1.54) is 18.7 Å². The highest BCUT2D eigenvalue weighted by Crippen LogP contribution is 2.39. The fraction of sp³-hybridized carbons (Fsp3) is 0.312. The van der Waals surface area contributed by atoms with Gasteiger partial charge in [0.25, 0.3) is 0 Å². The van der Waals surface area contributed by atoms with Crippen LogP contribution in [0.2, 0.25) is 0 Å². The van der Waals surface area contributed by atoms with E-state index in [-0.39, 0.29) is 17.8 Å². The van der Waals surface area contributed by atoms with Gasteiger partial charge in [-0.3, -0.25) is 9.88 Å². The van der Waals surface area contributed by atoms with E-state index in [4.69, 9.17) is 14.2 Å². The quantitative estimate of drug-likeness (QED) is 0.275. The summed E-state index contributed by atoms with van der Waals surface area (Å²) in [7, 11) is 4.71. The lowest BCUT2D eigenvalue weighted by atomic mass is 9.88. The normalized spacial score (nSPS) is 14.8. The molecule has 0 radical (unpaired) electrons. The van der Waals surface area contributed by atoms with Gasteiger partial charge in [0.1, 0.15) is 0 Å². The molecule has 0 bridgehead atoms. The molecule has 1 aliphatic heterocycles. The van der Waals surface area contributed by atoms with Crippen LogP contribution < -0.4 is 24.8 Å². The number of amides is 2. The van der Waals surface area contributed by atoms with Gasteiger partial charge >= 0.3 is 6.03 Å². The van der Waals surface area contributed by atoms with E-state index >= 15 is 0 Å². The minimum absolute atomic E-state index is 0.0528. The zero-order chi connectivity index (χ0) is 28.9. The molecule has 1 aromatic heterocycles. The van der Waals surface area contributed by atoms with Crippen LogP contribution in [-0.4, -0.2) is 56.9 Å². The number of rotatable bonds is 9. The van der Waals surface area contributed by atoms with Crippen molar-refractivity contribution in [1.29, 1.82) is 0 Å². The number of urea groups is 1. The first kappa shape index (κ1) is 28.2. The minimum Gasteiger partial charge on any atom is -0.494 e. The summed E-state index contributed by atoms with van der Waals surface area (Å²) in [6.45, 7) is 3.73. The average Bonchev–Trinajstić information content (AvgIpc) is 2.97. The Morgan fingerprint density at radius 2 is 1.76 bits per heavy atom. The molecule has 0 saturated heterocycles. The van der Waals surface area contributed by atoms with E-state index < -0.39 is 5.82 Å². The van der Waals surface area contributed by atoms with Gasteiger partial charge < -0.3 is 24.8 Å². The van der Waals surface area contributed by atoms with Crippen molar-refractivity contribution in [2.75, 3.05) is 46.3 Å². The number of halogens is 1. The molecular formula is C32H35FN4O4. The van der Waals surface area contributed by atoms with E-state index in [1.54, 1.807) is 20.3 Å². The summed E-state index contributed by atoms with van der Waals surface area (Å²) >= 11 is 0. The minimum atomic E-state index is -0.392. The summed E-state index contributed by atoms with van der Waals surface area (Å²) in [5.74, 6) is 1.16. The van der Waals surface area contributed by atoms with Crippen LogP contribution in [0.1, 0.15) is 28.4 Å². The summed E-state index contributed by atoms with van der Waals surface area (Å²) in [6, 6.07) is 18.4. The molecule has 1 aliphatic rings. The highest BCUT2D eigenvalue weighted by Gasteiger charge is 2.29. The van der Waals surface area contributed by atoms with E-state index in [2.05, 4.69) is 20.5 Å². The molecule has 4 aromatic rings. The molecule has 2 amide bonds. The number of carbonyl (C=O) groups excluding carboxylic acids is 1. The maximum atomic E-state index is 14.6. The molecule has 41 heavy (non-hydrogen) atoms. The van der Waals surface area contributed by atoms with E-state index in [0.29, 0.717) is 31.0 Å². The van der Waals surface area contributed by atoms with Crippen LogP contribution in [-0.2, 0) is 12.8 Å². The van der Waals surface area contributed by atoms with Crippen LogP contribution in [0.3, 0.4) is 0 Å². The molecule has 1 atom stereocenters. The average molecular weight is 559 g/mol. The highest BCUT2D eigenvalue weighted by molar-refractivity contribution is 6.00. The Morgan fingerprint density at radius 3 is 2.51 bits per heavy atom. The van der Waals surface area contributed by atoms with E-state index in [0.717, 1.165) is 46.4 Å². The number of ether oxygens (including phenoxy) is 3. The number of methoxy groups -OCH3 is 3. The number of hydrogen-bond acceptors (Lipinski definition) is 6. The Balaban J connectivity index is 1.33. The fourth-order valence-corrected chi connectivity index (χ4v) is 5.54. The number of carbonyl (C=O) groups is 1. The number of para-hydroxylation sites is 1. The lowest BCUT2D eigenvalue weighted by Crippen LogP contribution is -2.42. The first-order valence-electron chi connectivity index (χ1n) is 13.6. The molecule has 0 aliphatic carbocycles. The Kier molecular flexibility index (Phi) is 8.54. The van der Waals surface area contributed by atoms with Crippen LogP contribution in [0, 0.1) is 12.7 Å². The SMILES string of the molecule is COc1ccc(CC2c3cc(OC)c(OC)cc3CCN2CCNC(=O)Nc2cc(C)nc3ccccc23)cc1F. The Hall–Kier alpha value is -4.37. The van der Waals surface area contributed by atoms with Gasteiger partial charge in [0.2, 0.25) is 0 Å². The number of nitrogens with one attached hydrogen (secondary N) is 2. The number of anilines is 1. The van der Waals surface area contributed by atoms with Crippen LogP contribution in [0.5, 0.6) is 17.2 Å². The third-order valence-electron chi connectivity index (χ3n) is 7.54. The summed E-state index contributed by atoms with van der Waals surface area (Å²) in [4.78, 5) is 19.7. The van der Waals surface area contributed by atoms with Gasteiger partial charge in [0.15, 0.2) is 23.1 Å². The first-order valence-corrected chi connectivity index (χ1v) is 13.6. The smallest absolute Gasteiger partial charge is 0.319 e. The van der Waals surface area contributed by atoms with Crippen LogP contribution in [0.25, 0.3) is 10.9 Å². The molecule has 3 aromatic carbocycles. The third kappa shape index (κ3) is 6.20. The molecule has 1 unspecified atom stereocenters. The van der Waals surface area contributed by atoms with Gasteiger partial charge in [0.05, 0.1) is 32.5 Å². The van der Waals surface area contributed by atoms with Gasteiger partial charge in [-0.2, -0.15) is 0 Å². The molecule has 0 saturated carbocycles. The Bertz CT molecular complexity index is 1560. The number of fused-ring (bicyclic) bond motifs is 2. The van der Waals surface area contributed by atoms with Crippen molar-refractivity contribution in [3.63, 3.8) is 0 Å². The van der Waals surface area contributed by atoms with Crippen molar-refractivity contribution in [3.8, 4) is 17.2 Å². The topological polar surface area (TPSA) is 85.0 Å². The molecule has 8 nitrogen and oxygen atoms in total. The predicted molar refractivity (Wildman–Crippen MR) is 158 cm³/mol. The zero-order valence-corrected chi connectivity index (χ0v) is 23.8. The van der Waals surface area contributed by atoms with Crippen molar-refractivity contribution in [1.82, 2.24) is 15.2 Å². The third-order valence-corrected chi connectivity index (χ3v) is 7.54. The highest BCUT2D eigenvalue weighted by atomic mass is 19.1. The number of hydrogen-bond donors (Lipinski definition) is 2. The molecular weight excluding hydrogens is 523 g/mol. The largest absolute Gasteiger partial charge is 0.494 e. The fourth-order valence-electron chi connectivity index (χ4n) is 5.54. The lowest BCUT2D eigenvalue weighted by molar-refractivity contribution is 0.183. The van der Waals surface area contributed by atoms with E-state index in [1.807, 2.05) is 55.5 Å². The second-order valence-corrected chi connectivity index (χ2v) is 10.1. The van der Waals surface area contributed by atoms with Gasteiger partial charge in [-0.05, 0) is 72.9 Å². The van der Waals surface area contributed by atoms with Crippen molar-refractivity contribution >= 4 is 22.6 Å². The van der Waals surface area contributed by atoms with Crippen LogP contribution in [0.4, 0.5) is 14.9 Å². The molecule has 2 heterocycles. The number of pyridine rings is 1. The second-order valence-electron chi connectivity index (χ2n) is 10.1. The van der Waals surface area contributed by atoms with Crippen molar-refractivity contribution in [2.45, 2.75) is 25.8 Å². The Morgan fingerprint density at radius 1 is 1.00 bits per heavy atom. The van der Waals surface area contributed by atoms with Crippen LogP contribution in [0.15, 0.2) is 60.7 Å². The lowest BCUT2D eigenvalue weighted by Gasteiger charge is -2.38. The monoisotopic (exact) mass is 558 g/mol. The molecule has 214 valence electrons. The van der Waals surface area contributed by atoms with Crippen molar-refractivity contribution < 1.29 is 23.4 Å². The molecule has 5 rings (SSSR count). The van der Waals surface area contributed by atoms with Crippen molar-refractivity contribution in [3.05, 3.63) is 88.9 Å². The number of nitrogens with zero attached hydrogens (tertiary/aromatic N) is 2. The molecule has 9 heteroatoms. The number of aromatic nitrogens is 1. The number of aryl methyl sites for hydroxylation is 1. The summed E-state index contributed by atoms with van der Waals surface area (Å²) in [6.07, 6.45) is 1.40. The number of benzene rings is 3. The zero-order valence-electron chi connectivity index (χ0n) is 23.8. The standard InChI is InChI=1S/C32H35FN4O4/c1-20-15-27(23-7-5-6-8-26(23)35-20)36-32(38)34-12-14-37-13-11-22-18-30(40-3)31(41-4)19-24(22)28(37)17-21-9-10-29(39-2)25(33)16-21/h5-10,15-16,18-19,28H,11-14,17H2,1-4H3,(H2,34,35,36,38). The first-order chi connectivity index (χ1) is 19.9. The summed E-state index contributed by atoms with van der Waals surface area (Å²) in [5.41, 5.74) is 5.51. The second kappa shape index (κ2) is 12.4. The maximum absolute atomic E-state index is 14.6. The summed E-state index contributed by atoms with van der Waals surface area (Å²) < 4.78 is 30.8. The predicted octanol–water partition coefficient (Wildman–Crippen LogP) is 5.67. The van der Waals surface area contributed by atoms with Gasteiger partial charge in [-0.25, -0.2) is 9.18 Å². The molecule has 0 fully saturated rings. The Labute approximate surface area is 239 Å². The molecule has 0 spiro atoms. The maximum Gasteiger partial charge on any atom is 0.319 e. The van der Waals surface area contributed by atoms with Crippen molar-refractivity contribution in [2.24, 2.45) is 0 Å². The summed E-state index contributed by atoms with van der Waals surface area (Å²) in [5, 5.41) is 6.87. The van der Waals surface area contributed by atoms with Gasteiger partial charge in [-0.1, -0.05) is 24.3 Å².